The highest BCUT2D eigenvalue weighted by Crippen LogP contribution is 2.26. The lowest BCUT2D eigenvalue weighted by Crippen LogP contribution is -2.27. The van der Waals surface area contributed by atoms with Crippen molar-refractivity contribution >= 4 is 33.4 Å². The van der Waals surface area contributed by atoms with Gasteiger partial charge in [0.15, 0.2) is 6.10 Å². The van der Waals surface area contributed by atoms with Crippen LogP contribution in [-0.4, -0.2) is 44.9 Å². The monoisotopic (exact) mass is 429 g/mol. The number of esters is 1. The minimum absolute atomic E-state index is 0.115. The van der Waals surface area contributed by atoms with Crippen molar-refractivity contribution in [1.29, 1.82) is 0 Å². The molecule has 28 heavy (non-hydrogen) atoms. The van der Waals surface area contributed by atoms with Crippen LogP contribution in [0.25, 0.3) is 0 Å². The van der Waals surface area contributed by atoms with Crippen molar-refractivity contribution in [3.63, 3.8) is 0 Å². The van der Waals surface area contributed by atoms with Crippen LogP contribution >= 0.6 is 11.6 Å². The molecule has 0 radical (unpaired) electrons. The van der Waals surface area contributed by atoms with Crippen LogP contribution in [0.1, 0.15) is 27.6 Å². The predicted molar refractivity (Wildman–Crippen MR) is 99.0 cm³/mol. The van der Waals surface area contributed by atoms with Crippen molar-refractivity contribution < 1.29 is 32.0 Å². The van der Waals surface area contributed by atoms with Crippen LogP contribution < -0.4 is 0 Å². The number of Topliss-reactive ketones (excluding diaryl/α,β-unsaturated/α-hetero) is 1. The van der Waals surface area contributed by atoms with Gasteiger partial charge < -0.3 is 4.74 Å². The molecule has 2 aromatic rings. The second-order valence-corrected chi connectivity index (χ2v) is 7.97. The van der Waals surface area contributed by atoms with Gasteiger partial charge in [-0.3, -0.25) is 9.63 Å². The summed E-state index contributed by atoms with van der Waals surface area (Å²) in [5, 5.41) is -0.115. The van der Waals surface area contributed by atoms with Crippen LogP contribution in [0.3, 0.4) is 0 Å². The molecule has 0 amide bonds. The highest BCUT2D eigenvalue weighted by molar-refractivity contribution is 7.89. The van der Waals surface area contributed by atoms with Gasteiger partial charge in [0.05, 0.1) is 17.7 Å². The fourth-order valence-corrected chi connectivity index (χ4v) is 3.67. The third-order valence-electron chi connectivity index (χ3n) is 3.82. The van der Waals surface area contributed by atoms with Crippen molar-refractivity contribution in [2.45, 2.75) is 17.9 Å². The highest BCUT2D eigenvalue weighted by atomic mass is 35.5. The number of hydrogen-bond donors (Lipinski definition) is 0. The van der Waals surface area contributed by atoms with Gasteiger partial charge in [-0.2, -0.15) is 0 Å². The van der Waals surface area contributed by atoms with Crippen molar-refractivity contribution in [1.82, 2.24) is 4.47 Å². The number of sulfonamides is 1. The molecular formula is C18H17ClFNO6S. The SMILES string of the molecule is CON(C)S(=O)(=O)c1cc(C(=O)OC(C)C(=O)c2ccc(F)cc2)ccc1Cl. The molecule has 0 spiro atoms. The Kier molecular flexibility index (Phi) is 6.89. The second kappa shape index (κ2) is 8.78. The van der Waals surface area contributed by atoms with Crippen molar-refractivity contribution in [3.05, 3.63) is 64.4 Å². The normalized spacial score (nSPS) is 12.6. The molecule has 0 saturated carbocycles. The first-order valence-electron chi connectivity index (χ1n) is 7.91. The number of hydrogen-bond acceptors (Lipinski definition) is 6. The van der Waals surface area contributed by atoms with Crippen molar-refractivity contribution in [2.75, 3.05) is 14.2 Å². The Labute approximate surface area is 166 Å². The zero-order chi connectivity index (χ0) is 21.1. The maximum absolute atomic E-state index is 13.0. The maximum atomic E-state index is 13.0. The standard InChI is InChI=1S/C18H17ClFNO6S/c1-11(17(22)12-4-7-14(20)8-5-12)27-18(23)13-6-9-15(19)16(10-13)28(24,25)21(2)26-3/h4-11H,1-3H3. The van der Waals surface area contributed by atoms with Gasteiger partial charge >= 0.3 is 5.97 Å². The van der Waals surface area contributed by atoms with Gasteiger partial charge in [-0.25, -0.2) is 17.6 Å². The molecule has 0 N–H and O–H groups in total. The molecule has 10 heteroatoms. The number of nitrogens with zero attached hydrogens (tertiary/aromatic N) is 1. The van der Waals surface area contributed by atoms with Crippen molar-refractivity contribution in [3.8, 4) is 0 Å². The Bertz CT molecular complexity index is 994. The average molecular weight is 430 g/mol. The van der Waals surface area contributed by atoms with E-state index in [2.05, 4.69) is 4.84 Å². The molecule has 0 aliphatic carbocycles. The van der Waals surface area contributed by atoms with E-state index in [1.54, 1.807) is 0 Å². The molecule has 0 aliphatic heterocycles. The number of carbonyl (C=O) groups is 2. The first kappa shape index (κ1) is 22.0. The lowest BCUT2D eigenvalue weighted by molar-refractivity contribution is -0.0258. The molecule has 150 valence electrons. The molecule has 0 bridgehead atoms. The summed E-state index contributed by atoms with van der Waals surface area (Å²) in [6.45, 7) is 1.36. The zero-order valence-electron chi connectivity index (χ0n) is 15.2. The van der Waals surface area contributed by atoms with Crippen LogP contribution in [-0.2, 0) is 19.6 Å². The fraction of sp³-hybridized carbons (Fsp3) is 0.222. The van der Waals surface area contributed by atoms with E-state index >= 15 is 0 Å². The topological polar surface area (TPSA) is 90.0 Å². The summed E-state index contributed by atoms with van der Waals surface area (Å²) in [6, 6.07) is 8.30. The number of hydroxylamine groups is 1. The average Bonchev–Trinajstić information content (AvgIpc) is 2.67. The molecule has 2 aromatic carbocycles. The van der Waals surface area contributed by atoms with Gasteiger partial charge in [0, 0.05) is 12.6 Å². The predicted octanol–water partition coefficient (Wildman–Crippen LogP) is 3.09. The summed E-state index contributed by atoms with van der Waals surface area (Å²) in [5.41, 5.74) is 0.0500. The van der Waals surface area contributed by atoms with Gasteiger partial charge in [0.1, 0.15) is 10.7 Å². The minimum Gasteiger partial charge on any atom is -0.451 e. The first-order valence-corrected chi connectivity index (χ1v) is 9.73. The minimum atomic E-state index is -4.10. The molecule has 0 heterocycles. The number of ketones is 1. The van der Waals surface area contributed by atoms with E-state index in [0.29, 0.717) is 4.47 Å². The molecule has 0 aliphatic rings. The molecule has 0 fully saturated rings. The molecular weight excluding hydrogens is 413 g/mol. The summed E-state index contributed by atoms with van der Waals surface area (Å²) in [7, 11) is -1.77. The van der Waals surface area contributed by atoms with Gasteiger partial charge in [0.25, 0.3) is 10.0 Å². The Morgan fingerprint density at radius 2 is 1.68 bits per heavy atom. The third-order valence-corrected chi connectivity index (χ3v) is 5.98. The second-order valence-electron chi connectivity index (χ2n) is 5.66. The van der Waals surface area contributed by atoms with Gasteiger partial charge in [-0.15, -0.1) is 0 Å². The quantitative estimate of drug-likeness (QED) is 0.381. The van der Waals surface area contributed by atoms with E-state index < -0.39 is 33.7 Å². The fourth-order valence-electron chi connectivity index (χ4n) is 2.20. The Morgan fingerprint density at radius 1 is 1.11 bits per heavy atom. The lowest BCUT2D eigenvalue weighted by Gasteiger charge is -2.16. The van der Waals surface area contributed by atoms with Gasteiger partial charge in [0.2, 0.25) is 5.78 Å². The van der Waals surface area contributed by atoms with Crippen LogP contribution in [0, 0.1) is 5.82 Å². The Morgan fingerprint density at radius 3 is 2.25 bits per heavy atom. The summed E-state index contributed by atoms with van der Waals surface area (Å²) < 4.78 is 43.4. The summed E-state index contributed by atoms with van der Waals surface area (Å²) in [5.74, 6) is -1.96. The third kappa shape index (κ3) is 4.74. The smallest absolute Gasteiger partial charge is 0.338 e. The van der Waals surface area contributed by atoms with Crippen LogP contribution in [0.5, 0.6) is 0 Å². The molecule has 2 rings (SSSR count). The largest absolute Gasteiger partial charge is 0.451 e. The van der Waals surface area contributed by atoms with Crippen LogP contribution in [0.15, 0.2) is 47.4 Å². The van der Waals surface area contributed by atoms with E-state index in [9.17, 15) is 22.4 Å². The van der Waals surface area contributed by atoms with Gasteiger partial charge in [-0.05, 0) is 49.4 Å². The zero-order valence-corrected chi connectivity index (χ0v) is 16.8. The lowest BCUT2D eigenvalue weighted by atomic mass is 10.1. The number of carbonyl (C=O) groups excluding carboxylic acids is 2. The summed E-state index contributed by atoms with van der Waals surface area (Å²) in [4.78, 5) is 29.0. The molecule has 1 unspecified atom stereocenters. The Hall–Kier alpha value is -2.33. The number of ether oxygens (including phenoxy) is 1. The van der Waals surface area contributed by atoms with Crippen LogP contribution in [0.4, 0.5) is 4.39 Å². The van der Waals surface area contributed by atoms with E-state index in [-0.39, 0.29) is 21.0 Å². The number of rotatable bonds is 7. The van der Waals surface area contributed by atoms with Crippen molar-refractivity contribution in [2.24, 2.45) is 0 Å². The van der Waals surface area contributed by atoms with E-state index in [0.717, 1.165) is 25.3 Å². The molecule has 7 nitrogen and oxygen atoms in total. The molecule has 0 saturated heterocycles. The van der Waals surface area contributed by atoms with Gasteiger partial charge in [-0.1, -0.05) is 16.1 Å². The summed E-state index contributed by atoms with van der Waals surface area (Å²) >= 11 is 5.94. The highest BCUT2D eigenvalue weighted by Gasteiger charge is 2.27. The Balaban J connectivity index is 2.24. The number of halogens is 2. The number of benzene rings is 2. The summed E-state index contributed by atoms with van der Waals surface area (Å²) in [6.07, 6.45) is -1.17. The maximum Gasteiger partial charge on any atom is 0.338 e. The molecule has 1 atom stereocenters. The van der Waals surface area contributed by atoms with Crippen LogP contribution in [0.2, 0.25) is 5.02 Å². The van der Waals surface area contributed by atoms with E-state index in [1.807, 2.05) is 0 Å². The van der Waals surface area contributed by atoms with E-state index in [1.165, 1.54) is 38.2 Å². The molecule has 0 aromatic heterocycles. The first-order chi connectivity index (χ1) is 13.1. The van der Waals surface area contributed by atoms with E-state index in [4.69, 9.17) is 16.3 Å².